The molecule has 0 heterocycles. The van der Waals surface area contributed by atoms with E-state index in [1.165, 1.54) is 12.1 Å². The summed E-state index contributed by atoms with van der Waals surface area (Å²) in [7, 11) is 0. The van der Waals surface area contributed by atoms with E-state index >= 15 is 0 Å². The fourth-order valence-electron chi connectivity index (χ4n) is 2.07. The van der Waals surface area contributed by atoms with Gasteiger partial charge in [-0.2, -0.15) is 0 Å². The maximum absolute atomic E-state index is 11.7. The Bertz CT molecular complexity index is 770. The number of hydrogen-bond acceptors (Lipinski definition) is 4. The van der Waals surface area contributed by atoms with Crippen molar-refractivity contribution < 1.29 is 19.8 Å². The van der Waals surface area contributed by atoms with Gasteiger partial charge in [-0.25, -0.2) is 0 Å². The molecule has 0 fully saturated rings. The van der Waals surface area contributed by atoms with Crippen molar-refractivity contribution in [3.63, 3.8) is 0 Å². The van der Waals surface area contributed by atoms with Crippen molar-refractivity contribution in [2.75, 3.05) is 0 Å². The van der Waals surface area contributed by atoms with Gasteiger partial charge >= 0.3 is 0 Å². The summed E-state index contributed by atoms with van der Waals surface area (Å²) in [5, 5.41) is 19.0. The van der Waals surface area contributed by atoms with E-state index in [2.05, 4.69) is 6.58 Å². The predicted octanol–water partition coefficient (Wildman–Crippen LogP) is 3.49. The van der Waals surface area contributed by atoms with Crippen LogP contribution in [0.25, 0.3) is 17.2 Å². The van der Waals surface area contributed by atoms with Crippen LogP contribution in [0.4, 0.5) is 0 Å². The molecule has 0 radical (unpaired) electrons. The Labute approximate surface area is 134 Å². The lowest BCUT2D eigenvalue weighted by atomic mass is 9.98. The summed E-state index contributed by atoms with van der Waals surface area (Å²) < 4.78 is 0. The Kier molecular flexibility index (Phi) is 5.10. The maximum Gasteiger partial charge on any atom is 0.163 e. The molecule has 0 atom stereocenters. The zero-order chi connectivity index (χ0) is 16.8. The summed E-state index contributed by atoms with van der Waals surface area (Å²) in [6.45, 7) is 3.33. The van der Waals surface area contributed by atoms with E-state index in [9.17, 15) is 19.8 Å². The SMILES string of the molecule is C=CC(=O)CC(=O)/C=C/c1ccc(O)cc1-c1ccc(O)cc1. The second-order valence-corrected chi connectivity index (χ2v) is 4.97. The molecule has 0 aliphatic heterocycles. The topological polar surface area (TPSA) is 74.6 Å². The highest BCUT2D eigenvalue weighted by Gasteiger charge is 2.07. The van der Waals surface area contributed by atoms with Crippen molar-refractivity contribution in [2.24, 2.45) is 0 Å². The van der Waals surface area contributed by atoms with Gasteiger partial charge in [-0.3, -0.25) is 9.59 Å². The molecule has 0 spiro atoms. The zero-order valence-electron chi connectivity index (χ0n) is 12.4. The van der Waals surface area contributed by atoms with Crippen LogP contribution >= 0.6 is 0 Å². The van der Waals surface area contributed by atoms with Crippen molar-refractivity contribution in [1.29, 1.82) is 0 Å². The minimum Gasteiger partial charge on any atom is -0.508 e. The van der Waals surface area contributed by atoms with Gasteiger partial charge in [-0.1, -0.05) is 30.9 Å². The van der Waals surface area contributed by atoms with Crippen LogP contribution in [-0.2, 0) is 9.59 Å². The molecule has 4 nitrogen and oxygen atoms in total. The van der Waals surface area contributed by atoms with Crippen molar-refractivity contribution in [3.8, 4) is 22.6 Å². The summed E-state index contributed by atoms with van der Waals surface area (Å²) in [6, 6.07) is 11.3. The molecule has 0 aliphatic rings. The number of ketones is 2. The van der Waals surface area contributed by atoms with E-state index < -0.39 is 0 Å². The molecule has 2 rings (SSSR count). The fourth-order valence-corrected chi connectivity index (χ4v) is 2.07. The monoisotopic (exact) mass is 308 g/mol. The fraction of sp³-hybridized carbons (Fsp3) is 0.0526. The number of allylic oxidation sites excluding steroid dienone is 2. The third-order valence-electron chi connectivity index (χ3n) is 3.24. The lowest BCUT2D eigenvalue weighted by molar-refractivity contribution is -0.121. The van der Waals surface area contributed by atoms with Crippen LogP contribution in [-0.4, -0.2) is 21.8 Å². The van der Waals surface area contributed by atoms with Crippen molar-refractivity contribution in [1.82, 2.24) is 0 Å². The van der Waals surface area contributed by atoms with Crippen LogP contribution in [0, 0.1) is 0 Å². The van der Waals surface area contributed by atoms with Gasteiger partial charge in [0.2, 0.25) is 0 Å². The Morgan fingerprint density at radius 3 is 2.26 bits per heavy atom. The smallest absolute Gasteiger partial charge is 0.163 e. The number of carbonyl (C=O) groups is 2. The summed E-state index contributed by atoms with van der Waals surface area (Å²) in [5.74, 6) is -0.411. The number of rotatable bonds is 6. The Morgan fingerprint density at radius 2 is 1.61 bits per heavy atom. The first-order valence-electron chi connectivity index (χ1n) is 6.98. The van der Waals surface area contributed by atoms with Gasteiger partial charge in [-0.15, -0.1) is 0 Å². The largest absolute Gasteiger partial charge is 0.508 e. The van der Waals surface area contributed by atoms with Crippen molar-refractivity contribution in [2.45, 2.75) is 6.42 Å². The highest BCUT2D eigenvalue weighted by atomic mass is 16.3. The Hall–Kier alpha value is -3.14. The number of phenolic OH excluding ortho intramolecular Hbond substituents is 2. The van der Waals surface area contributed by atoms with Crippen LogP contribution in [0.2, 0.25) is 0 Å². The third kappa shape index (κ3) is 4.41. The molecule has 0 unspecified atom stereocenters. The molecule has 23 heavy (non-hydrogen) atoms. The third-order valence-corrected chi connectivity index (χ3v) is 3.24. The molecular formula is C19H16O4. The maximum atomic E-state index is 11.7. The lowest BCUT2D eigenvalue weighted by Crippen LogP contribution is -2.01. The molecule has 0 bridgehead atoms. The first kappa shape index (κ1) is 16.2. The predicted molar refractivity (Wildman–Crippen MR) is 89.1 cm³/mol. The molecule has 2 aromatic carbocycles. The van der Waals surface area contributed by atoms with Gasteiger partial charge < -0.3 is 10.2 Å². The molecule has 0 aromatic heterocycles. The molecule has 4 heteroatoms. The van der Waals surface area contributed by atoms with Crippen LogP contribution < -0.4 is 0 Å². The Balaban J connectivity index is 2.32. The van der Waals surface area contributed by atoms with Crippen LogP contribution in [0.1, 0.15) is 12.0 Å². The minimum absolute atomic E-state index is 0.0957. The van der Waals surface area contributed by atoms with E-state index in [1.54, 1.807) is 42.5 Å². The molecule has 116 valence electrons. The van der Waals surface area contributed by atoms with Crippen LogP contribution in [0.3, 0.4) is 0 Å². The second-order valence-electron chi connectivity index (χ2n) is 4.97. The highest BCUT2D eigenvalue weighted by molar-refractivity contribution is 6.09. The summed E-state index contributed by atoms with van der Waals surface area (Å²) >= 11 is 0. The first-order chi connectivity index (χ1) is 11.0. The van der Waals surface area contributed by atoms with Gasteiger partial charge in [0.25, 0.3) is 0 Å². The summed E-state index contributed by atoms with van der Waals surface area (Å²) in [4.78, 5) is 22.9. The number of phenols is 2. The average molecular weight is 308 g/mol. The van der Waals surface area contributed by atoms with Gasteiger partial charge in [0.15, 0.2) is 11.6 Å². The van der Waals surface area contributed by atoms with Crippen molar-refractivity contribution in [3.05, 3.63) is 66.8 Å². The second kappa shape index (κ2) is 7.22. The molecular weight excluding hydrogens is 292 g/mol. The molecule has 2 N–H and O–H groups in total. The highest BCUT2D eigenvalue weighted by Crippen LogP contribution is 2.29. The van der Waals surface area contributed by atoms with Gasteiger partial charge in [0.05, 0.1) is 6.42 Å². The number of benzene rings is 2. The molecule has 0 saturated carbocycles. The van der Waals surface area contributed by atoms with Crippen LogP contribution in [0.5, 0.6) is 11.5 Å². The lowest BCUT2D eigenvalue weighted by Gasteiger charge is -2.07. The van der Waals surface area contributed by atoms with Gasteiger partial charge in [0.1, 0.15) is 11.5 Å². The zero-order valence-corrected chi connectivity index (χ0v) is 12.4. The number of aromatic hydroxyl groups is 2. The quantitative estimate of drug-likeness (QED) is 0.633. The standard InChI is InChI=1S/C19H16O4/c1-2-15(20)11-17(22)9-5-14-6-10-18(23)12-19(14)13-3-7-16(21)8-4-13/h2-10,12,21,23H,1,11H2/b9-5+. The van der Waals surface area contributed by atoms with Crippen LogP contribution in [0.15, 0.2) is 61.2 Å². The van der Waals surface area contributed by atoms with E-state index in [0.717, 1.165) is 11.6 Å². The normalized spacial score (nSPS) is 10.6. The Morgan fingerprint density at radius 1 is 0.957 bits per heavy atom. The van der Waals surface area contributed by atoms with Gasteiger partial charge in [-0.05, 0) is 53.1 Å². The molecule has 0 aliphatic carbocycles. The number of carbonyl (C=O) groups excluding carboxylic acids is 2. The van der Waals surface area contributed by atoms with E-state index in [4.69, 9.17) is 0 Å². The molecule has 2 aromatic rings. The molecule has 0 amide bonds. The van der Waals surface area contributed by atoms with Gasteiger partial charge in [0, 0.05) is 0 Å². The average Bonchev–Trinajstić information content (AvgIpc) is 2.54. The summed E-state index contributed by atoms with van der Waals surface area (Å²) in [6.07, 6.45) is 3.83. The molecule has 0 saturated heterocycles. The minimum atomic E-state index is -0.330. The van der Waals surface area contributed by atoms with E-state index in [-0.39, 0.29) is 29.5 Å². The van der Waals surface area contributed by atoms with E-state index in [1.807, 2.05) is 0 Å². The van der Waals surface area contributed by atoms with Crippen molar-refractivity contribution >= 4 is 17.6 Å². The first-order valence-corrected chi connectivity index (χ1v) is 6.98. The number of hydrogen-bond donors (Lipinski definition) is 2. The summed E-state index contributed by atoms with van der Waals surface area (Å²) in [5.41, 5.74) is 2.21. The van der Waals surface area contributed by atoms with E-state index in [0.29, 0.717) is 11.1 Å².